The first-order valence-electron chi connectivity index (χ1n) is 3.93. The Bertz CT molecular complexity index is 206. The molecule has 0 atom stereocenters. The predicted octanol–water partition coefficient (Wildman–Crippen LogP) is 3.09. The van der Waals surface area contributed by atoms with Crippen molar-refractivity contribution in [2.45, 2.75) is 19.3 Å². The van der Waals surface area contributed by atoms with Crippen molar-refractivity contribution in [3.05, 3.63) is 42.3 Å². The van der Waals surface area contributed by atoms with Crippen molar-refractivity contribution in [2.75, 3.05) is 0 Å². The Hall–Kier alpha value is -0.920. The van der Waals surface area contributed by atoms with Crippen molar-refractivity contribution in [1.82, 2.24) is 0 Å². The molecule has 12 heavy (non-hydrogen) atoms. The number of rotatable bonds is 4. The van der Waals surface area contributed by atoms with Gasteiger partial charge in [0.1, 0.15) is 0 Å². The molecule has 0 bridgehead atoms. The molecule has 1 rings (SSSR count). The molecular weight excluding hydrogens is 158 g/mol. The normalized spacial score (nSPS) is 10.6. The Morgan fingerprint density at radius 3 is 2.42 bits per heavy atom. The molecule has 1 radical (unpaired) electrons. The number of halogens is 2. The van der Waals surface area contributed by atoms with Crippen molar-refractivity contribution in [1.29, 1.82) is 0 Å². The van der Waals surface area contributed by atoms with Gasteiger partial charge >= 0.3 is 0 Å². The van der Waals surface area contributed by atoms with E-state index in [9.17, 15) is 8.78 Å². The third-order valence-corrected chi connectivity index (χ3v) is 1.57. The molecule has 0 N–H and O–H groups in total. The van der Waals surface area contributed by atoms with Crippen LogP contribution in [0.2, 0.25) is 0 Å². The van der Waals surface area contributed by atoms with Crippen molar-refractivity contribution >= 4 is 0 Å². The van der Waals surface area contributed by atoms with Gasteiger partial charge in [0.25, 0.3) is 0 Å². The zero-order valence-corrected chi connectivity index (χ0v) is 6.71. The maximum atomic E-state index is 11.7. The van der Waals surface area contributed by atoms with Crippen LogP contribution in [-0.2, 0) is 6.42 Å². The van der Waals surface area contributed by atoms with Crippen LogP contribution in [0.3, 0.4) is 0 Å². The minimum Gasteiger partial charge on any atom is -0.211 e. The summed E-state index contributed by atoms with van der Waals surface area (Å²) in [4.78, 5) is 0. The molecule has 0 unspecified atom stereocenters. The average molecular weight is 169 g/mol. The minimum absolute atomic E-state index is 0.116. The molecule has 0 aliphatic carbocycles. The fourth-order valence-corrected chi connectivity index (χ4v) is 0.990. The van der Waals surface area contributed by atoms with E-state index in [1.165, 1.54) is 0 Å². The smallest absolute Gasteiger partial charge is 0.211 e. The summed E-state index contributed by atoms with van der Waals surface area (Å²) < 4.78 is 23.4. The van der Waals surface area contributed by atoms with Crippen LogP contribution in [0.5, 0.6) is 0 Å². The van der Waals surface area contributed by atoms with Gasteiger partial charge in [0, 0.05) is 6.42 Å². The third kappa shape index (κ3) is 3.46. The van der Waals surface area contributed by atoms with Gasteiger partial charge in [-0.15, -0.1) is 0 Å². The minimum atomic E-state index is -2.21. The molecule has 0 aliphatic heterocycles. The van der Waals surface area contributed by atoms with E-state index >= 15 is 0 Å². The van der Waals surface area contributed by atoms with Gasteiger partial charge in [-0.05, 0) is 18.4 Å². The summed E-state index contributed by atoms with van der Waals surface area (Å²) in [6.07, 6.45) is -0.0891. The standard InChI is InChI=1S/C10H11F2/c11-10(12)8-4-7-9-5-2-1-3-6-9/h1-6,10H,7-8H2. The van der Waals surface area contributed by atoms with Gasteiger partial charge < -0.3 is 0 Å². The summed E-state index contributed by atoms with van der Waals surface area (Å²) in [7, 11) is 0. The summed E-state index contributed by atoms with van der Waals surface area (Å²) in [5, 5.41) is 0. The molecule has 2 heteroatoms. The summed E-state index contributed by atoms with van der Waals surface area (Å²) in [6.45, 7) is 0. The molecule has 0 amide bonds. The quantitative estimate of drug-likeness (QED) is 0.649. The lowest BCUT2D eigenvalue weighted by Crippen LogP contribution is -1.93. The van der Waals surface area contributed by atoms with E-state index in [0.717, 1.165) is 5.56 Å². The lowest BCUT2D eigenvalue weighted by molar-refractivity contribution is 0.147. The van der Waals surface area contributed by atoms with Crippen molar-refractivity contribution in [2.24, 2.45) is 0 Å². The zero-order valence-electron chi connectivity index (χ0n) is 6.71. The average Bonchev–Trinajstić information content (AvgIpc) is 2.05. The second kappa shape index (κ2) is 4.86. The molecule has 0 aromatic heterocycles. The Labute approximate surface area is 71.2 Å². The highest BCUT2D eigenvalue weighted by Gasteiger charge is 2.01. The molecule has 0 heterocycles. The van der Waals surface area contributed by atoms with Crippen LogP contribution in [0, 0.1) is 6.42 Å². The van der Waals surface area contributed by atoms with Crippen LogP contribution >= 0.6 is 0 Å². The monoisotopic (exact) mass is 169 g/mol. The summed E-state index contributed by atoms with van der Waals surface area (Å²) in [5.41, 5.74) is 1.08. The number of hydrogen-bond donors (Lipinski definition) is 0. The highest BCUT2D eigenvalue weighted by molar-refractivity contribution is 5.16. The topological polar surface area (TPSA) is 0 Å². The van der Waals surface area contributed by atoms with Crippen LogP contribution in [-0.4, -0.2) is 6.43 Å². The third-order valence-electron chi connectivity index (χ3n) is 1.57. The van der Waals surface area contributed by atoms with Crippen LogP contribution in [0.4, 0.5) is 8.78 Å². The second-order valence-corrected chi connectivity index (χ2v) is 2.61. The SMILES string of the molecule is FC(F)C[CH]Cc1ccccc1. The van der Waals surface area contributed by atoms with Gasteiger partial charge in [0.15, 0.2) is 0 Å². The Morgan fingerprint density at radius 2 is 1.83 bits per heavy atom. The maximum absolute atomic E-state index is 11.7. The first kappa shape index (κ1) is 9.17. The van der Waals surface area contributed by atoms with E-state index in [2.05, 4.69) is 0 Å². The Kier molecular flexibility index (Phi) is 3.71. The highest BCUT2D eigenvalue weighted by atomic mass is 19.3. The van der Waals surface area contributed by atoms with E-state index in [0.29, 0.717) is 6.42 Å². The lowest BCUT2D eigenvalue weighted by atomic mass is 10.1. The molecule has 65 valence electrons. The van der Waals surface area contributed by atoms with E-state index < -0.39 is 6.43 Å². The highest BCUT2D eigenvalue weighted by Crippen LogP contribution is 2.07. The van der Waals surface area contributed by atoms with Gasteiger partial charge in [0.05, 0.1) is 0 Å². The number of hydrogen-bond acceptors (Lipinski definition) is 0. The van der Waals surface area contributed by atoms with Gasteiger partial charge in [-0.3, -0.25) is 0 Å². The van der Waals surface area contributed by atoms with Crippen molar-refractivity contribution < 1.29 is 8.78 Å². The van der Waals surface area contributed by atoms with E-state index in [1.807, 2.05) is 30.3 Å². The molecule has 1 aromatic rings. The van der Waals surface area contributed by atoms with Crippen LogP contribution in [0.1, 0.15) is 12.0 Å². The molecular formula is C10H11F2. The fraction of sp³-hybridized carbons (Fsp3) is 0.300. The van der Waals surface area contributed by atoms with Crippen LogP contribution in [0.25, 0.3) is 0 Å². The van der Waals surface area contributed by atoms with Crippen molar-refractivity contribution in [3.8, 4) is 0 Å². The van der Waals surface area contributed by atoms with E-state index in [-0.39, 0.29) is 6.42 Å². The summed E-state index contributed by atoms with van der Waals surface area (Å²) in [6, 6.07) is 9.59. The van der Waals surface area contributed by atoms with Gasteiger partial charge in [0.2, 0.25) is 6.43 Å². The summed E-state index contributed by atoms with van der Waals surface area (Å²) >= 11 is 0. The molecule has 0 fully saturated rings. The predicted molar refractivity (Wildman–Crippen MR) is 45.1 cm³/mol. The second-order valence-electron chi connectivity index (χ2n) is 2.61. The maximum Gasteiger partial charge on any atom is 0.238 e. The molecule has 0 aliphatic rings. The van der Waals surface area contributed by atoms with Gasteiger partial charge in [-0.2, -0.15) is 0 Å². The Morgan fingerprint density at radius 1 is 1.17 bits per heavy atom. The van der Waals surface area contributed by atoms with Gasteiger partial charge in [-0.1, -0.05) is 30.3 Å². The summed E-state index contributed by atoms with van der Waals surface area (Å²) in [5.74, 6) is 0. The molecule has 1 aromatic carbocycles. The fourth-order valence-electron chi connectivity index (χ4n) is 0.990. The zero-order chi connectivity index (χ0) is 8.81. The van der Waals surface area contributed by atoms with Gasteiger partial charge in [-0.25, -0.2) is 8.78 Å². The van der Waals surface area contributed by atoms with Crippen molar-refractivity contribution in [3.63, 3.8) is 0 Å². The lowest BCUT2D eigenvalue weighted by Gasteiger charge is -1.99. The number of benzene rings is 1. The van der Waals surface area contributed by atoms with Crippen LogP contribution < -0.4 is 0 Å². The van der Waals surface area contributed by atoms with Crippen LogP contribution in [0.15, 0.2) is 30.3 Å². The van der Waals surface area contributed by atoms with E-state index in [4.69, 9.17) is 0 Å². The Balaban J connectivity index is 2.25. The number of alkyl halides is 2. The molecule has 0 saturated carbocycles. The van der Waals surface area contributed by atoms with E-state index in [1.54, 1.807) is 6.42 Å². The first-order valence-corrected chi connectivity index (χ1v) is 3.93. The molecule has 0 spiro atoms. The largest absolute Gasteiger partial charge is 0.238 e. The molecule has 0 saturated heterocycles. The first-order chi connectivity index (χ1) is 5.79. The molecule has 0 nitrogen and oxygen atoms in total.